The highest BCUT2D eigenvalue weighted by Crippen LogP contribution is 2.45. The maximum absolute atomic E-state index is 13.1. The zero-order valence-corrected chi connectivity index (χ0v) is 16.6. The highest BCUT2D eigenvalue weighted by molar-refractivity contribution is 5.97. The van der Waals surface area contributed by atoms with Gasteiger partial charge >= 0.3 is 0 Å². The van der Waals surface area contributed by atoms with Crippen LogP contribution >= 0.6 is 0 Å². The third-order valence-corrected chi connectivity index (χ3v) is 5.82. The summed E-state index contributed by atoms with van der Waals surface area (Å²) in [6.07, 6.45) is 0.321. The van der Waals surface area contributed by atoms with E-state index in [1.54, 1.807) is 11.8 Å². The van der Waals surface area contributed by atoms with Crippen LogP contribution in [0, 0.1) is 0 Å². The molecule has 4 heteroatoms. The van der Waals surface area contributed by atoms with Gasteiger partial charge in [-0.3, -0.25) is 9.59 Å². The van der Waals surface area contributed by atoms with Crippen molar-refractivity contribution >= 4 is 17.5 Å². The topological polar surface area (TPSA) is 40.6 Å². The molecule has 0 spiro atoms. The summed E-state index contributed by atoms with van der Waals surface area (Å²) < 4.78 is 0. The van der Waals surface area contributed by atoms with E-state index in [1.165, 1.54) is 5.56 Å². The van der Waals surface area contributed by atoms with Crippen molar-refractivity contribution in [1.82, 2.24) is 4.90 Å². The third-order valence-electron chi connectivity index (χ3n) is 5.82. The Morgan fingerprint density at radius 2 is 1.67 bits per heavy atom. The number of rotatable bonds is 5. The van der Waals surface area contributed by atoms with Crippen molar-refractivity contribution in [1.29, 1.82) is 0 Å². The van der Waals surface area contributed by atoms with Gasteiger partial charge in [-0.1, -0.05) is 62.4 Å². The van der Waals surface area contributed by atoms with E-state index in [-0.39, 0.29) is 23.3 Å². The van der Waals surface area contributed by atoms with Gasteiger partial charge in [0.1, 0.15) is 0 Å². The Morgan fingerprint density at radius 1 is 1.04 bits per heavy atom. The van der Waals surface area contributed by atoms with E-state index in [1.807, 2.05) is 53.4 Å². The Balaban J connectivity index is 1.72. The largest absolute Gasteiger partial charge is 0.338 e. The van der Waals surface area contributed by atoms with Gasteiger partial charge in [0.15, 0.2) is 0 Å². The van der Waals surface area contributed by atoms with Gasteiger partial charge in [0, 0.05) is 43.6 Å². The van der Waals surface area contributed by atoms with Gasteiger partial charge < -0.3 is 9.80 Å². The van der Waals surface area contributed by atoms with Gasteiger partial charge in [-0.2, -0.15) is 0 Å². The molecule has 1 aliphatic rings. The predicted molar refractivity (Wildman–Crippen MR) is 109 cm³/mol. The highest BCUT2D eigenvalue weighted by atomic mass is 16.2. The van der Waals surface area contributed by atoms with Crippen molar-refractivity contribution in [2.24, 2.45) is 0 Å². The molecule has 0 N–H and O–H groups in total. The summed E-state index contributed by atoms with van der Waals surface area (Å²) in [5.41, 5.74) is 3.19. The monoisotopic (exact) mass is 364 g/mol. The lowest BCUT2D eigenvalue weighted by molar-refractivity contribution is -0.130. The van der Waals surface area contributed by atoms with Gasteiger partial charge in [0.05, 0.1) is 0 Å². The number of anilines is 1. The summed E-state index contributed by atoms with van der Waals surface area (Å²) in [6, 6.07) is 18.1. The van der Waals surface area contributed by atoms with E-state index in [9.17, 15) is 9.59 Å². The van der Waals surface area contributed by atoms with Gasteiger partial charge in [-0.25, -0.2) is 0 Å². The van der Waals surface area contributed by atoms with E-state index in [4.69, 9.17) is 0 Å². The molecule has 1 heterocycles. The zero-order chi connectivity index (χ0) is 19.6. The smallest absolute Gasteiger partial charge is 0.229 e. The molecule has 0 saturated heterocycles. The molecule has 2 aromatic rings. The molecule has 0 radical (unpaired) electrons. The average molecular weight is 364 g/mol. The maximum Gasteiger partial charge on any atom is 0.229 e. The Bertz CT molecular complexity index is 829. The summed E-state index contributed by atoms with van der Waals surface area (Å²) in [6.45, 7) is 8.98. The first kappa shape index (κ1) is 19.2. The van der Waals surface area contributed by atoms with Crippen LogP contribution in [-0.4, -0.2) is 29.3 Å². The second kappa shape index (κ2) is 7.55. The minimum Gasteiger partial charge on any atom is -0.338 e. The van der Waals surface area contributed by atoms with Crippen LogP contribution in [0.15, 0.2) is 54.6 Å². The van der Waals surface area contributed by atoms with E-state index < -0.39 is 0 Å². The number of benzene rings is 2. The number of carbonyl (C=O) groups excluding carboxylic acids is 2. The maximum atomic E-state index is 13.1. The molecule has 3 rings (SSSR count). The second-order valence-electron chi connectivity index (χ2n) is 7.85. The first-order valence-corrected chi connectivity index (χ1v) is 9.53. The fourth-order valence-electron chi connectivity index (χ4n) is 3.84. The van der Waals surface area contributed by atoms with E-state index in [0.29, 0.717) is 19.5 Å². The molecule has 27 heavy (non-hydrogen) atoms. The molecule has 0 aromatic heterocycles. The number of hydrogen-bond acceptors (Lipinski definition) is 2. The van der Waals surface area contributed by atoms with Crippen LogP contribution in [0.2, 0.25) is 0 Å². The number of nitrogens with zero attached hydrogens (tertiary/aromatic N) is 2. The minimum atomic E-state index is -0.0868. The SMILES string of the molecule is CC(=O)N(CCC(=O)N1c2ccccc2C(C)(C)C1C)Cc1ccccc1. The Labute approximate surface area is 161 Å². The quantitative estimate of drug-likeness (QED) is 0.800. The predicted octanol–water partition coefficient (Wildman–Crippen LogP) is 4.14. The average Bonchev–Trinajstić information content (AvgIpc) is 2.86. The standard InChI is InChI=1S/C23H28N2O2/c1-17-23(3,4)20-12-8-9-13-21(20)25(17)22(27)14-15-24(18(2)26)16-19-10-6-5-7-11-19/h5-13,17H,14-16H2,1-4H3. The fraction of sp³-hybridized carbons (Fsp3) is 0.391. The molecule has 0 fully saturated rings. The molecule has 1 aliphatic heterocycles. The molecule has 142 valence electrons. The zero-order valence-electron chi connectivity index (χ0n) is 16.6. The van der Waals surface area contributed by atoms with Gasteiger partial charge in [-0.15, -0.1) is 0 Å². The van der Waals surface area contributed by atoms with Gasteiger partial charge in [0.2, 0.25) is 11.8 Å². The summed E-state index contributed by atoms with van der Waals surface area (Å²) in [7, 11) is 0. The second-order valence-corrected chi connectivity index (χ2v) is 7.85. The Kier molecular flexibility index (Phi) is 5.36. The molecule has 4 nitrogen and oxygen atoms in total. The number of para-hydroxylation sites is 1. The summed E-state index contributed by atoms with van der Waals surface area (Å²) in [4.78, 5) is 28.8. The molecular weight excluding hydrogens is 336 g/mol. The lowest BCUT2D eigenvalue weighted by Gasteiger charge is -2.31. The fourth-order valence-corrected chi connectivity index (χ4v) is 3.84. The Morgan fingerprint density at radius 3 is 2.33 bits per heavy atom. The van der Waals surface area contributed by atoms with Crippen LogP contribution in [0.4, 0.5) is 5.69 Å². The van der Waals surface area contributed by atoms with Crippen molar-refractivity contribution in [3.63, 3.8) is 0 Å². The van der Waals surface area contributed by atoms with Crippen molar-refractivity contribution in [3.05, 3.63) is 65.7 Å². The van der Waals surface area contributed by atoms with E-state index in [0.717, 1.165) is 11.3 Å². The number of hydrogen-bond donors (Lipinski definition) is 0. The summed E-state index contributed by atoms with van der Waals surface area (Å²) in [5.74, 6) is 0.0571. The number of amides is 2. The van der Waals surface area contributed by atoms with Gasteiger partial charge in [-0.05, 0) is 24.1 Å². The molecule has 1 unspecified atom stereocenters. The Hall–Kier alpha value is -2.62. The highest BCUT2D eigenvalue weighted by Gasteiger charge is 2.44. The van der Waals surface area contributed by atoms with Crippen molar-refractivity contribution in [2.45, 2.75) is 52.1 Å². The van der Waals surface area contributed by atoms with Crippen molar-refractivity contribution in [3.8, 4) is 0 Å². The minimum absolute atomic E-state index is 0.0122. The van der Waals surface area contributed by atoms with Crippen LogP contribution in [0.25, 0.3) is 0 Å². The first-order valence-electron chi connectivity index (χ1n) is 9.53. The normalized spacial score (nSPS) is 17.5. The lowest BCUT2D eigenvalue weighted by Crippen LogP contribution is -2.44. The number of carbonyl (C=O) groups is 2. The van der Waals surface area contributed by atoms with E-state index in [2.05, 4.69) is 26.8 Å². The molecule has 2 aromatic carbocycles. The summed E-state index contributed by atoms with van der Waals surface area (Å²) in [5, 5.41) is 0. The van der Waals surface area contributed by atoms with Crippen LogP contribution < -0.4 is 4.90 Å². The molecule has 2 amide bonds. The van der Waals surface area contributed by atoms with Gasteiger partial charge in [0.25, 0.3) is 0 Å². The van der Waals surface area contributed by atoms with E-state index >= 15 is 0 Å². The third kappa shape index (κ3) is 3.75. The first-order chi connectivity index (χ1) is 12.8. The van der Waals surface area contributed by atoms with Crippen LogP contribution in [0.5, 0.6) is 0 Å². The lowest BCUT2D eigenvalue weighted by atomic mass is 9.81. The van der Waals surface area contributed by atoms with Crippen molar-refractivity contribution < 1.29 is 9.59 Å². The molecule has 0 saturated carbocycles. The molecule has 1 atom stereocenters. The summed E-state index contributed by atoms with van der Waals surface area (Å²) >= 11 is 0. The van der Waals surface area contributed by atoms with Crippen LogP contribution in [0.3, 0.4) is 0 Å². The van der Waals surface area contributed by atoms with Crippen LogP contribution in [-0.2, 0) is 21.5 Å². The van der Waals surface area contributed by atoms with Crippen molar-refractivity contribution in [2.75, 3.05) is 11.4 Å². The van der Waals surface area contributed by atoms with Crippen LogP contribution in [0.1, 0.15) is 45.2 Å². The number of fused-ring (bicyclic) bond motifs is 1. The molecular formula is C23H28N2O2. The molecule has 0 bridgehead atoms. The molecule has 0 aliphatic carbocycles.